The monoisotopic (exact) mass is 322 g/mol. The van der Waals surface area contributed by atoms with Gasteiger partial charge < -0.3 is 4.74 Å². The van der Waals surface area contributed by atoms with Gasteiger partial charge >= 0.3 is 5.97 Å². The van der Waals surface area contributed by atoms with Gasteiger partial charge in [-0.3, -0.25) is 0 Å². The quantitative estimate of drug-likeness (QED) is 0.250. The highest BCUT2D eigenvalue weighted by Crippen LogP contribution is 2.24. The van der Waals surface area contributed by atoms with Crippen molar-refractivity contribution in [2.24, 2.45) is 0 Å². The van der Waals surface area contributed by atoms with E-state index in [1.54, 1.807) is 13.0 Å². The van der Waals surface area contributed by atoms with Crippen molar-refractivity contribution in [2.45, 2.75) is 39.2 Å². The Balaban J connectivity index is 3.12. The van der Waals surface area contributed by atoms with E-state index < -0.39 is 46.7 Å². The largest absolute Gasteiger partial charge is 0.454 e. The van der Waals surface area contributed by atoms with Crippen molar-refractivity contribution in [2.75, 3.05) is 0 Å². The van der Waals surface area contributed by atoms with Crippen LogP contribution < -0.4 is 0 Å². The molecule has 0 aromatic heterocycles. The normalized spacial score (nSPS) is 12.7. The van der Waals surface area contributed by atoms with Gasteiger partial charge in [-0.1, -0.05) is 19.4 Å². The standard InChI is InChI=1S/C15H15F5O2/c1-3-5-7-8(6-4-2)22-15(21)9-10(16)12(18)14(20)13(19)11(9)17/h4,6,8H,3,5,7H2,1-2H3/b6-4-/t8-/m1/s1. The van der Waals surface area contributed by atoms with Crippen LogP contribution in [0.25, 0.3) is 0 Å². The van der Waals surface area contributed by atoms with Crippen molar-refractivity contribution in [3.05, 3.63) is 46.8 Å². The molecule has 1 aromatic carbocycles. The Hall–Kier alpha value is -1.92. The molecule has 0 aliphatic heterocycles. The third-order valence-corrected chi connectivity index (χ3v) is 2.92. The lowest BCUT2D eigenvalue weighted by atomic mass is 10.1. The fourth-order valence-electron chi connectivity index (χ4n) is 1.79. The molecule has 1 rings (SSSR count). The molecule has 0 spiro atoms. The van der Waals surface area contributed by atoms with Gasteiger partial charge in [-0.05, 0) is 25.8 Å². The Morgan fingerprint density at radius 3 is 2.00 bits per heavy atom. The molecule has 22 heavy (non-hydrogen) atoms. The second kappa shape index (κ2) is 7.91. The minimum absolute atomic E-state index is 0.377. The summed E-state index contributed by atoms with van der Waals surface area (Å²) in [5.41, 5.74) is -1.58. The molecule has 0 radical (unpaired) electrons. The topological polar surface area (TPSA) is 26.3 Å². The van der Waals surface area contributed by atoms with Gasteiger partial charge in [-0.25, -0.2) is 26.7 Å². The minimum Gasteiger partial charge on any atom is -0.454 e. The number of halogens is 5. The number of esters is 1. The summed E-state index contributed by atoms with van der Waals surface area (Å²) in [7, 11) is 0. The molecule has 7 heteroatoms. The fraction of sp³-hybridized carbons (Fsp3) is 0.400. The van der Waals surface area contributed by atoms with Crippen molar-refractivity contribution in [1.82, 2.24) is 0 Å². The van der Waals surface area contributed by atoms with E-state index in [1.807, 2.05) is 6.92 Å². The van der Waals surface area contributed by atoms with Crippen LogP contribution in [0.4, 0.5) is 22.0 Å². The van der Waals surface area contributed by atoms with Crippen molar-refractivity contribution < 1.29 is 31.5 Å². The molecule has 0 aliphatic carbocycles. The third kappa shape index (κ3) is 3.84. The van der Waals surface area contributed by atoms with Gasteiger partial charge in [0.2, 0.25) is 5.82 Å². The predicted molar refractivity (Wildman–Crippen MR) is 69.8 cm³/mol. The van der Waals surface area contributed by atoms with Gasteiger partial charge in [0.25, 0.3) is 0 Å². The molecule has 0 aliphatic rings. The number of allylic oxidation sites excluding steroid dienone is 1. The molecule has 2 nitrogen and oxygen atoms in total. The highest BCUT2D eigenvalue weighted by atomic mass is 19.2. The van der Waals surface area contributed by atoms with Crippen LogP contribution in [0.1, 0.15) is 43.5 Å². The zero-order valence-corrected chi connectivity index (χ0v) is 12.1. The first-order valence-electron chi connectivity index (χ1n) is 6.70. The molecule has 122 valence electrons. The SMILES string of the molecule is C/C=C\[C@H](CCCC)OC(=O)c1c(F)c(F)c(F)c(F)c1F. The lowest BCUT2D eigenvalue weighted by Gasteiger charge is -2.15. The average Bonchev–Trinajstić information content (AvgIpc) is 2.49. The Morgan fingerprint density at radius 1 is 1.05 bits per heavy atom. The van der Waals surface area contributed by atoms with E-state index >= 15 is 0 Å². The summed E-state index contributed by atoms with van der Waals surface area (Å²) in [6.07, 6.45) is 4.06. The van der Waals surface area contributed by atoms with Gasteiger partial charge in [0.05, 0.1) is 0 Å². The van der Waals surface area contributed by atoms with Gasteiger partial charge in [-0.2, -0.15) is 0 Å². The van der Waals surface area contributed by atoms with Gasteiger partial charge in [0.15, 0.2) is 23.3 Å². The zero-order valence-electron chi connectivity index (χ0n) is 12.1. The van der Waals surface area contributed by atoms with Crippen LogP contribution >= 0.6 is 0 Å². The van der Waals surface area contributed by atoms with Crippen LogP contribution in [-0.2, 0) is 4.74 Å². The molecular weight excluding hydrogens is 307 g/mol. The minimum atomic E-state index is -2.32. The molecule has 1 atom stereocenters. The summed E-state index contributed by atoms with van der Waals surface area (Å²) in [6, 6.07) is 0. The molecule has 0 N–H and O–H groups in total. The lowest BCUT2D eigenvalue weighted by molar-refractivity contribution is 0.0362. The maximum Gasteiger partial charge on any atom is 0.344 e. The Labute approximate surface area is 124 Å². The smallest absolute Gasteiger partial charge is 0.344 e. The van der Waals surface area contributed by atoms with E-state index in [4.69, 9.17) is 4.74 Å². The van der Waals surface area contributed by atoms with E-state index in [0.717, 1.165) is 6.42 Å². The zero-order chi connectivity index (χ0) is 16.9. The van der Waals surface area contributed by atoms with Crippen molar-refractivity contribution in [3.63, 3.8) is 0 Å². The summed E-state index contributed by atoms with van der Waals surface area (Å²) in [6.45, 7) is 3.53. The number of rotatable bonds is 6. The summed E-state index contributed by atoms with van der Waals surface area (Å²) >= 11 is 0. The highest BCUT2D eigenvalue weighted by molar-refractivity contribution is 5.90. The van der Waals surface area contributed by atoms with E-state index in [1.165, 1.54) is 6.08 Å². The van der Waals surface area contributed by atoms with Crippen LogP contribution in [-0.4, -0.2) is 12.1 Å². The van der Waals surface area contributed by atoms with E-state index in [2.05, 4.69) is 0 Å². The molecule has 0 fully saturated rings. The van der Waals surface area contributed by atoms with Crippen LogP contribution in [0.3, 0.4) is 0 Å². The van der Waals surface area contributed by atoms with Crippen LogP contribution in [0.5, 0.6) is 0 Å². The Morgan fingerprint density at radius 2 is 1.55 bits per heavy atom. The molecule has 0 unspecified atom stereocenters. The first-order valence-corrected chi connectivity index (χ1v) is 6.70. The van der Waals surface area contributed by atoms with Crippen molar-refractivity contribution in [1.29, 1.82) is 0 Å². The summed E-state index contributed by atoms with van der Waals surface area (Å²) in [5, 5.41) is 0. The van der Waals surface area contributed by atoms with Crippen LogP contribution in [0, 0.1) is 29.1 Å². The lowest BCUT2D eigenvalue weighted by Crippen LogP contribution is -2.20. The first kappa shape index (κ1) is 18.1. The van der Waals surface area contributed by atoms with E-state index in [0.29, 0.717) is 12.8 Å². The predicted octanol–water partition coefficient (Wildman–Crippen LogP) is 4.67. The highest BCUT2D eigenvalue weighted by Gasteiger charge is 2.31. The van der Waals surface area contributed by atoms with E-state index in [-0.39, 0.29) is 0 Å². The molecule has 1 aromatic rings. The summed E-state index contributed by atoms with van der Waals surface area (Å²) in [5.74, 6) is -12.7. The number of benzene rings is 1. The Bertz CT molecular complexity index is 555. The molecular formula is C15H15F5O2. The van der Waals surface area contributed by atoms with Crippen molar-refractivity contribution in [3.8, 4) is 0 Å². The number of hydrogen-bond donors (Lipinski definition) is 0. The fourth-order valence-corrected chi connectivity index (χ4v) is 1.79. The number of hydrogen-bond acceptors (Lipinski definition) is 2. The third-order valence-electron chi connectivity index (χ3n) is 2.92. The second-order valence-electron chi connectivity index (χ2n) is 4.56. The molecule has 0 heterocycles. The number of carbonyl (C=O) groups excluding carboxylic acids is 1. The molecule has 0 saturated carbocycles. The summed E-state index contributed by atoms with van der Waals surface area (Å²) < 4.78 is 70.9. The Kier molecular flexibility index (Phi) is 6.52. The first-order chi connectivity index (χ1) is 10.3. The molecule has 0 saturated heterocycles. The maximum absolute atomic E-state index is 13.5. The maximum atomic E-state index is 13.5. The molecule has 0 amide bonds. The van der Waals surface area contributed by atoms with Crippen LogP contribution in [0.2, 0.25) is 0 Å². The number of unbranched alkanes of at least 4 members (excludes halogenated alkanes) is 1. The van der Waals surface area contributed by atoms with Gasteiger partial charge in [0, 0.05) is 0 Å². The van der Waals surface area contributed by atoms with Crippen LogP contribution in [0.15, 0.2) is 12.2 Å². The molecule has 0 bridgehead atoms. The van der Waals surface area contributed by atoms with Crippen molar-refractivity contribution >= 4 is 5.97 Å². The van der Waals surface area contributed by atoms with Gasteiger partial charge in [0.1, 0.15) is 11.7 Å². The number of ether oxygens (including phenoxy) is 1. The van der Waals surface area contributed by atoms with E-state index in [9.17, 15) is 26.7 Å². The number of carbonyl (C=O) groups is 1. The average molecular weight is 322 g/mol. The summed E-state index contributed by atoms with van der Waals surface area (Å²) in [4.78, 5) is 11.8. The second-order valence-corrected chi connectivity index (χ2v) is 4.56. The van der Waals surface area contributed by atoms with Gasteiger partial charge in [-0.15, -0.1) is 0 Å².